The molecule has 0 saturated heterocycles. The molecule has 2 rings (SSSR count). The summed E-state index contributed by atoms with van der Waals surface area (Å²) in [7, 11) is 0. The Bertz CT molecular complexity index is 793. The molecule has 4 nitrogen and oxygen atoms in total. The fraction of sp³-hybridized carbons (Fsp3) is 0.0667. The Labute approximate surface area is 138 Å². The van der Waals surface area contributed by atoms with Gasteiger partial charge >= 0.3 is 18.0 Å². The molecule has 2 amide bonds. The highest BCUT2D eigenvalue weighted by Gasteiger charge is 2.34. The van der Waals surface area contributed by atoms with Gasteiger partial charge in [0, 0.05) is 5.69 Å². The molecular formula is C15H9ClF4N2O2. The van der Waals surface area contributed by atoms with E-state index in [9.17, 15) is 27.2 Å². The zero-order valence-electron chi connectivity index (χ0n) is 11.7. The van der Waals surface area contributed by atoms with Gasteiger partial charge in [-0.3, -0.25) is 9.59 Å². The number of alkyl halides is 3. The summed E-state index contributed by atoms with van der Waals surface area (Å²) < 4.78 is 51.5. The molecule has 0 unspecified atom stereocenters. The van der Waals surface area contributed by atoms with Gasteiger partial charge in [-0.2, -0.15) is 13.2 Å². The van der Waals surface area contributed by atoms with Crippen LogP contribution in [0.25, 0.3) is 0 Å². The molecule has 2 N–H and O–H groups in total. The first kappa shape index (κ1) is 17.7. The number of anilines is 2. The Morgan fingerprint density at radius 2 is 1.58 bits per heavy atom. The molecule has 24 heavy (non-hydrogen) atoms. The van der Waals surface area contributed by atoms with Gasteiger partial charge in [-0.15, -0.1) is 0 Å². The number of amides is 2. The highest BCUT2D eigenvalue weighted by Crippen LogP contribution is 2.34. The van der Waals surface area contributed by atoms with Crippen LogP contribution in [0.5, 0.6) is 0 Å². The minimum atomic E-state index is -4.69. The van der Waals surface area contributed by atoms with Crippen LogP contribution in [-0.4, -0.2) is 11.8 Å². The molecule has 0 fully saturated rings. The number of benzene rings is 2. The van der Waals surface area contributed by atoms with Gasteiger partial charge in [0.05, 0.1) is 16.3 Å². The van der Waals surface area contributed by atoms with Crippen LogP contribution in [0, 0.1) is 5.82 Å². The van der Waals surface area contributed by atoms with Crippen LogP contribution >= 0.6 is 11.6 Å². The van der Waals surface area contributed by atoms with Gasteiger partial charge in [0.15, 0.2) is 0 Å². The number of carbonyl (C=O) groups is 2. The molecule has 0 bridgehead atoms. The van der Waals surface area contributed by atoms with Crippen molar-refractivity contribution in [2.75, 3.05) is 10.6 Å². The molecule has 0 radical (unpaired) electrons. The maximum absolute atomic E-state index is 13.0. The second-order valence-electron chi connectivity index (χ2n) is 4.58. The van der Waals surface area contributed by atoms with E-state index in [0.29, 0.717) is 0 Å². The lowest BCUT2D eigenvalue weighted by molar-refractivity contribution is -0.137. The van der Waals surface area contributed by atoms with Crippen LogP contribution in [0.1, 0.15) is 5.56 Å². The second-order valence-corrected chi connectivity index (χ2v) is 4.99. The summed E-state index contributed by atoms with van der Waals surface area (Å²) in [5.41, 5.74) is -1.62. The summed E-state index contributed by atoms with van der Waals surface area (Å²) >= 11 is 5.53. The zero-order chi connectivity index (χ0) is 17.9. The van der Waals surface area contributed by atoms with Crippen molar-refractivity contribution in [2.45, 2.75) is 6.18 Å². The molecule has 0 atom stereocenters. The average molecular weight is 361 g/mol. The highest BCUT2D eigenvalue weighted by molar-refractivity contribution is 6.43. The first-order chi connectivity index (χ1) is 11.2. The van der Waals surface area contributed by atoms with Gasteiger partial charge in [-0.05, 0) is 30.3 Å². The maximum atomic E-state index is 13.0. The van der Waals surface area contributed by atoms with Crippen molar-refractivity contribution in [3.63, 3.8) is 0 Å². The topological polar surface area (TPSA) is 58.2 Å². The molecule has 0 aliphatic rings. The summed E-state index contributed by atoms with van der Waals surface area (Å²) in [5.74, 6) is -3.26. The van der Waals surface area contributed by atoms with E-state index in [2.05, 4.69) is 5.32 Å². The van der Waals surface area contributed by atoms with Crippen molar-refractivity contribution in [2.24, 2.45) is 0 Å². The number of para-hydroxylation sites is 1. The number of rotatable bonds is 2. The predicted octanol–water partition coefficient (Wildman–Crippen LogP) is 4.08. The third-order valence-electron chi connectivity index (χ3n) is 2.86. The van der Waals surface area contributed by atoms with Crippen molar-refractivity contribution in [3.05, 3.63) is 58.9 Å². The third kappa shape index (κ3) is 4.23. The number of nitrogens with one attached hydrogen (secondary N) is 2. The maximum Gasteiger partial charge on any atom is 0.418 e. The van der Waals surface area contributed by atoms with Crippen LogP contribution in [-0.2, 0) is 15.8 Å². The summed E-state index contributed by atoms with van der Waals surface area (Å²) in [4.78, 5) is 23.5. The molecule has 126 valence electrons. The molecule has 0 spiro atoms. The highest BCUT2D eigenvalue weighted by atomic mass is 35.5. The van der Waals surface area contributed by atoms with E-state index in [4.69, 9.17) is 11.6 Å². The molecule has 2 aromatic carbocycles. The van der Waals surface area contributed by atoms with E-state index in [1.165, 1.54) is 6.07 Å². The number of hydrogen-bond donors (Lipinski definition) is 2. The standard InChI is InChI=1S/C15H9ClF4N2O2/c16-10-7-8(5-6-11(10)17)21-13(23)14(24)22-12-4-2-1-3-9(12)15(18,19)20/h1-7H,(H,21,23)(H,22,24). The normalized spacial score (nSPS) is 11.0. The van der Waals surface area contributed by atoms with Gasteiger partial charge in [0.1, 0.15) is 5.82 Å². The quantitative estimate of drug-likeness (QED) is 0.626. The van der Waals surface area contributed by atoms with E-state index in [1.54, 1.807) is 0 Å². The molecule has 2 aromatic rings. The van der Waals surface area contributed by atoms with Gasteiger partial charge < -0.3 is 10.6 Å². The lowest BCUT2D eigenvalue weighted by Crippen LogP contribution is -2.30. The monoisotopic (exact) mass is 360 g/mol. The van der Waals surface area contributed by atoms with Gasteiger partial charge in [0.25, 0.3) is 0 Å². The first-order valence-corrected chi connectivity index (χ1v) is 6.80. The van der Waals surface area contributed by atoms with Crippen LogP contribution < -0.4 is 10.6 Å². The van der Waals surface area contributed by atoms with Crippen LogP contribution in [0.4, 0.5) is 28.9 Å². The van der Waals surface area contributed by atoms with Gasteiger partial charge in [0.2, 0.25) is 0 Å². The Balaban J connectivity index is 2.12. The van der Waals surface area contributed by atoms with Crippen LogP contribution in [0.15, 0.2) is 42.5 Å². The second kappa shape index (κ2) is 6.88. The first-order valence-electron chi connectivity index (χ1n) is 6.42. The van der Waals surface area contributed by atoms with Crippen molar-refractivity contribution in [1.82, 2.24) is 0 Å². The minimum Gasteiger partial charge on any atom is -0.318 e. The summed E-state index contributed by atoms with van der Waals surface area (Å²) in [6.07, 6.45) is -4.69. The minimum absolute atomic E-state index is 0.0191. The van der Waals surface area contributed by atoms with Crippen molar-refractivity contribution in [3.8, 4) is 0 Å². The number of hydrogen-bond acceptors (Lipinski definition) is 2. The number of carbonyl (C=O) groups excluding carboxylic acids is 2. The Hall–Kier alpha value is -2.61. The molecule has 0 aliphatic heterocycles. The van der Waals surface area contributed by atoms with Crippen LogP contribution in [0.3, 0.4) is 0 Å². The summed E-state index contributed by atoms with van der Waals surface area (Å²) in [6, 6.07) is 7.40. The van der Waals surface area contributed by atoms with Crippen LogP contribution in [0.2, 0.25) is 5.02 Å². The molecule has 0 heterocycles. The summed E-state index contributed by atoms with van der Waals surface area (Å²) in [5, 5.41) is 3.71. The zero-order valence-corrected chi connectivity index (χ0v) is 12.5. The molecule has 0 saturated carbocycles. The molecule has 9 heteroatoms. The molecule has 0 aromatic heterocycles. The van der Waals surface area contributed by atoms with E-state index in [-0.39, 0.29) is 10.7 Å². The average Bonchev–Trinajstić information content (AvgIpc) is 2.50. The largest absolute Gasteiger partial charge is 0.418 e. The predicted molar refractivity (Wildman–Crippen MR) is 80.1 cm³/mol. The molecular weight excluding hydrogens is 352 g/mol. The SMILES string of the molecule is O=C(Nc1ccc(F)c(Cl)c1)C(=O)Nc1ccccc1C(F)(F)F. The summed E-state index contributed by atoms with van der Waals surface area (Å²) in [6.45, 7) is 0. The smallest absolute Gasteiger partial charge is 0.318 e. The number of halogens is 5. The lowest BCUT2D eigenvalue weighted by Gasteiger charge is -2.13. The van der Waals surface area contributed by atoms with Crippen molar-refractivity contribution in [1.29, 1.82) is 0 Å². The van der Waals surface area contributed by atoms with Gasteiger partial charge in [-0.1, -0.05) is 23.7 Å². The molecule has 0 aliphatic carbocycles. The fourth-order valence-electron chi connectivity index (χ4n) is 1.78. The third-order valence-corrected chi connectivity index (χ3v) is 3.15. The van der Waals surface area contributed by atoms with Crippen molar-refractivity contribution >= 4 is 34.8 Å². The Kier molecular flexibility index (Phi) is 5.08. The fourth-order valence-corrected chi connectivity index (χ4v) is 1.96. The lowest BCUT2D eigenvalue weighted by atomic mass is 10.1. The van der Waals surface area contributed by atoms with E-state index >= 15 is 0 Å². The van der Waals surface area contributed by atoms with E-state index in [0.717, 1.165) is 36.4 Å². The van der Waals surface area contributed by atoms with Gasteiger partial charge in [-0.25, -0.2) is 4.39 Å². The van der Waals surface area contributed by atoms with E-state index < -0.39 is 35.1 Å². The van der Waals surface area contributed by atoms with Crippen molar-refractivity contribution < 1.29 is 27.2 Å². The van der Waals surface area contributed by atoms with E-state index in [1.807, 2.05) is 5.32 Å². The Morgan fingerprint density at radius 1 is 0.958 bits per heavy atom. The Morgan fingerprint density at radius 3 is 2.21 bits per heavy atom.